The zero-order valence-corrected chi connectivity index (χ0v) is 27.2. The largest absolute Gasteiger partial charge is 0.256 e. The van der Waals surface area contributed by atoms with Crippen molar-refractivity contribution < 1.29 is 0 Å². The van der Waals surface area contributed by atoms with E-state index in [1.54, 1.807) is 0 Å². The molecule has 6 aromatic carbocycles. The third-order valence-electron chi connectivity index (χ3n) is 9.36. The highest BCUT2D eigenvalue weighted by molar-refractivity contribution is 6.00. The number of nitrogens with zero attached hydrogens (tertiary/aromatic N) is 3. The predicted molar refractivity (Wildman–Crippen MR) is 207 cm³/mol. The van der Waals surface area contributed by atoms with E-state index < -0.39 is 0 Å². The third-order valence-corrected chi connectivity index (χ3v) is 9.36. The highest BCUT2D eigenvalue weighted by Crippen LogP contribution is 2.37. The number of fused-ring (bicyclic) bond motifs is 2. The molecule has 234 valence electrons. The van der Waals surface area contributed by atoms with Crippen LogP contribution in [-0.2, 0) is 0 Å². The van der Waals surface area contributed by atoms with Gasteiger partial charge in [0, 0.05) is 39.9 Å². The van der Waals surface area contributed by atoms with Crippen molar-refractivity contribution in [1.82, 2.24) is 15.0 Å². The Balaban J connectivity index is 1.19. The topological polar surface area (TPSA) is 38.7 Å². The Morgan fingerprint density at radius 1 is 0.340 bits per heavy atom. The molecule has 0 aliphatic rings. The lowest BCUT2D eigenvalue weighted by Gasteiger charge is -2.14. The number of hydrogen-bond acceptors (Lipinski definition) is 3. The lowest BCUT2D eigenvalue weighted by atomic mass is 9.94. The standard InChI is InChI=1S/C47H31N3/c1-3-11-32(12-4-1)35-16-7-18-37(27-35)38-22-25-45-43(29-38)42(30-46(50-45)39-19-8-17-36(28-39)33-13-5-2-6-14-33)40-23-24-44(49-31-40)41-21-9-15-34-20-10-26-48-47(34)41/h1-31H. The summed E-state index contributed by atoms with van der Waals surface area (Å²) in [7, 11) is 0. The van der Waals surface area contributed by atoms with Crippen LogP contribution in [0.2, 0.25) is 0 Å². The lowest BCUT2D eigenvalue weighted by Crippen LogP contribution is -1.93. The molecule has 0 radical (unpaired) electrons. The Morgan fingerprint density at radius 3 is 1.66 bits per heavy atom. The van der Waals surface area contributed by atoms with Gasteiger partial charge in [0.25, 0.3) is 0 Å². The van der Waals surface area contributed by atoms with Crippen LogP contribution in [-0.4, -0.2) is 15.0 Å². The monoisotopic (exact) mass is 637 g/mol. The number of para-hydroxylation sites is 1. The van der Waals surface area contributed by atoms with Crippen LogP contribution in [0.25, 0.3) is 88.8 Å². The molecule has 9 rings (SSSR count). The molecule has 0 atom stereocenters. The molecule has 0 saturated carbocycles. The second-order valence-corrected chi connectivity index (χ2v) is 12.5. The van der Waals surface area contributed by atoms with Crippen LogP contribution in [0.3, 0.4) is 0 Å². The van der Waals surface area contributed by atoms with Crippen LogP contribution in [0, 0.1) is 0 Å². The SMILES string of the molecule is c1ccc(-c2cccc(-c3ccc4nc(-c5cccc(-c6ccccc6)c5)cc(-c5ccc(-c6cccc7cccnc67)nc5)c4c3)c2)cc1. The van der Waals surface area contributed by atoms with Crippen LogP contribution >= 0.6 is 0 Å². The van der Waals surface area contributed by atoms with Crippen molar-refractivity contribution in [1.29, 1.82) is 0 Å². The molecule has 0 saturated heterocycles. The maximum absolute atomic E-state index is 5.24. The summed E-state index contributed by atoms with van der Waals surface area (Å²) < 4.78 is 0. The molecule has 0 amide bonds. The fraction of sp³-hybridized carbons (Fsp3) is 0. The molecule has 3 nitrogen and oxygen atoms in total. The van der Waals surface area contributed by atoms with E-state index in [9.17, 15) is 0 Å². The summed E-state index contributed by atoms with van der Waals surface area (Å²) >= 11 is 0. The van der Waals surface area contributed by atoms with E-state index in [2.05, 4.69) is 169 Å². The second-order valence-electron chi connectivity index (χ2n) is 12.5. The van der Waals surface area contributed by atoms with Crippen LogP contribution in [0.15, 0.2) is 188 Å². The zero-order chi connectivity index (χ0) is 33.3. The normalized spacial score (nSPS) is 11.2. The summed E-state index contributed by atoms with van der Waals surface area (Å²) in [4.78, 5) is 14.9. The van der Waals surface area contributed by atoms with Crippen molar-refractivity contribution >= 4 is 21.8 Å². The van der Waals surface area contributed by atoms with E-state index in [-0.39, 0.29) is 0 Å². The van der Waals surface area contributed by atoms with Gasteiger partial charge in [-0.05, 0) is 81.4 Å². The van der Waals surface area contributed by atoms with Crippen LogP contribution in [0.1, 0.15) is 0 Å². The molecule has 0 fully saturated rings. The van der Waals surface area contributed by atoms with Gasteiger partial charge in [0.15, 0.2) is 0 Å². The van der Waals surface area contributed by atoms with E-state index in [0.29, 0.717) is 0 Å². The fourth-order valence-corrected chi connectivity index (χ4v) is 6.81. The van der Waals surface area contributed by atoms with E-state index in [1.165, 1.54) is 16.7 Å². The van der Waals surface area contributed by atoms with Gasteiger partial charge < -0.3 is 0 Å². The van der Waals surface area contributed by atoms with Crippen molar-refractivity contribution in [3.63, 3.8) is 0 Å². The van der Waals surface area contributed by atoms with E-state index >= 15 is 0 Å². The molecule has 0 bridgehead atoms. The average Bonchev–Trinajstić information content (AvgIpc) is 3.21. The Kier molecular flexibility index (Phi) is 7.49. The molecule has 3 heterocycles. The van der Waals surface area contributed by atoms with Crippen LogP contribution in [0.5, 0.6) is 0 Å². The van der Waals surface area contributed by atoms with Crippen LogP contribution in [0.4, 0.5) is 0 Å². The third kappa shape index (κ3) is 5.61. The van der Waals surface area contributed by atoms with Gasteiger partial charge in [0.1, 0.15) is 0 Å². The molecule has 0 unspecified atom stereocenters. The van der Waals surface area contributed by atoms with Gasteiger partial charge in [-0.15, -0.1) is 0 Å². The summed E-state index contributed by atoms with van der Waals surface area (Å²) in [6.45, 7) is 0. The summed E-state index contributed by atoms with van der Waals surface area (Å²) in [5.74, 6) is 0. The fourth-order valence-electron chi connectivity index (χ4n) is 6.81. The molecule has 3 heteroatoms. The number of pyridine rings is 3. The Labute approximate surface area is 291 Å². The number of rotatable bonds is 6. The van der Waals surface area contributed by atoms with Gasteiger partial charge in [-0.25, -0.2) is 4.98 Å². The molecular formula is C47H31N3. The maximum atomic E-state index is 5.24. The first-order valence-corrected chi connectivity index (χ1v) is 16.8. The van der Waals surface area contributed by atoms with Crippen molar-refractivity contribution in [2.45, 2.75) is 0 Å². The number of benzene rings is 6. The van der Waals surface area contributed by atoms with Gasteiger partial charge in [-0.2, -0.15) is 0 Å². The van der Waals surface area contributed by atoms with E-state index in [4.69, 9.17) is 9.97 Å². The minimum Gasteiger partial charge on any atom is -0.256 e. The first kappa shape index (κ1) is 29.4. The van der Waals surface area contributed by atoms with Gasteiger partial charge in [0.2, 0.25) is 0 Å². The average molecular weight is 638 g/mol. The van der Waals surface area contributed by atoms with E-state index in [0.717, 1.165) is 72.1 Å². The zero-order valence-electron chi connectivity index (χ0n) is 27.2. The lowest BCUT2D eigenvalue weighted by molar-refractivity contribution is 1.32. The first-order chi connectivity index (χ1) is 24.8. The number of hydrogen-bond donors (Lipinski definition) is 0. The Hall–Kier alpha value is -6.71. The van der Waals surface area contributed by atoms with Gasteiger partial charge in [0.05, 0.1) is 22.4 Å². The predicted octanol–water partition coefficient (Wildman–Crippen LogP) is 12.2. The minimum atomic E-state index is 0.894. The summed E-state index contributed by atoms with van der Waals surface area (Å²) in [6.07, 6.45) is 3.82. The molecule has 50 heavy (non-hydrogen) atoms. The minimum absolute atomic E-state index is 0.894. The molecule has 0 aliphatic heterocycles. The number of aromatic nitrogens is 3. The Morgan fingerprint density at radius 2 is 0.940 bits per heavy atom. The molecular weight excluding hydrogens is 607 g/mol. The smallest absolute Gasteiger partial charge is 0.0795 e. The highest BCUT2D eigenvalue weighted by atomic mass is 14.7. The van der Waals surface area contributed by atoms with Crippen molar-refractivity contribution in [3.05, 3.63) is 188 Å². The molecule has 3 aromatic heterocycles. The van der Waals surface area contributed by atoms with Crippen LogP contribution < -0.4 is 0 Å². The summed E-state index contributed by atoms with van der Waals surface area (Å²) in [5, 5.41) is 2.18. The molecule has 0 N–H and O–H groups in total. The maximum Gasteiger partial charge on any atom is 0.0795 e. The Bertz CT molecular complexity index is 2620. The molecule has 0 aliphatic carbocycles. The van der Waals surface area contributed by atoms with Crippen molar-refractivity contribution in [2.24, 2.45) is 0 Å². The van der Waals surface area contributed by atoms with Gasteiger partial charge >= 0.3 is 0 Å². The van der Waals surface area contributed by atoms with Crippen molar-refractivity contribution in [2.75, 3.05) is 0 Å². The molecule has 0 spiro atoms. The van der Waals surface area contributed by atoms with E-state index in [1.807, 2.05) is 24.5 Å². The highest BCUT2D eigenvalue weighted by Gasteiger charge is 2.14. The summed E-state index contributed by atoms with van der Waals surface area (Å²) in [5.41, 5.74) is 15.0. The second kappa shape index (κ2) is 12.7. The summed E-state index contributed by atoms with van der Waals surface area (Å²) in [6, 6.07) is 61.8. The van der Waals surface area contributed by atoms with Gasteiger partial charge in [-0.3, -0.25) is 9.97 Å². The first-order valence-electron chi connectivity index (χ1n) is 16.8. The van der Waals surface area contributed by atoms with Crippen molar-refractivity contribution in [3.8, 4) is 67.0 Å². The van der Waals surface area contributed by atoms with Gasteiger partial charge in [-0.1, -0.05) is 133 Å². The molecule has 9 aromatic rings. The quantitative estimate of drug-likeness (QED) is 0.182.